The summed E-state index contributed by atoms with van der Waals surface area (Å²) < 4.78 is 0. The molecule has 0 saturated heterocycles. The minimum atomic E-state index is 0.418. The van der Waals surface area contributed by atoms with Crippen LogP contribution in [0.3, 0.4) is 0 Å². The average Bonchev–Trinajstić information content (AvgIpc) is 2.80. The van der Waals surface area contributed by atoms with E-state index in [0.29, 0.717) is 6.54 Å². The molecule has 0 bridgehead atoms. The summed E-state index contributed by atoms with van der Waals surface area (Å²) in [6.45, 7) is 0.418. The number of rotatable bonds is 4. The minimum absolute atomic E-state index is 0.418. The van der Waals surface area contributed by atoms with Crippen molar-refractivity contribution in [3.05, 3.63) is 40.7 Å². The van der Waals surface area contributed by atoms with E-state index < -0.39 is 0 Å². The summed E-state index contributed by atoms with van der Waals surface area (Å²) in [5.41, 5.74) is 2.88. The zero-order valence-electron chi connectivity index (χ0n) is 7.93. The molecule has 3 nitrogen and oxygen atoms in total. The van der Waals surface area contributed by atoms with Crippen LogP contribution < -0.4 is 5.32 Å². The standard InChI is InChI=1S/C11H9N2OS/c14-8-12-6-10-2-1-3-11(13-10)9-4-5-15-7-9/h1-5,7H,6H2,(H,12,14). The number of hydrogen-bond donors (Lipinski definition) is 1. The molecule has 0 spiro atoms. The Labute approximate surface area is 91.8 Å². The van der Waals surface area contributed by atoms with Crippen molar-refractivity contribution in [2.45, 2.75) is 6.54 Å². The Balaban J connectivity index is 2.23. The number of thiophene rings is 1. The third-order valence-electron chi connectivity index (χ3n) is 1.97. The molecule has 1 N–H and O–H groups in total. The molecule has 0 aliphatic carbocycles. The lowest BCUT2D eigenvalue weighted by molar-refractivity contribution is 0.541. The van der Waals surface area contributed by atoms with Gasteiger partial charge in [-0.05, 0) is 23.6 Å². The van der Waals surface area contributed by atoms with Crippen molar-refractivity contribution in [3.8, 4) is 11.3 Å². The van der Waals surface area contributed by atoms with Crippen molar-refractivity contribution in [3.63, 3.8) is 0 Å². The fourth-order valence-corrected chi connectivity index (χ4v) is 1.93. The molecular formula is C11H9N2OS. The van der Waals surface area contributed by atoms with Gasteiger partial charge in [-0.1, -0.05) is 6.07 Å². The van der Waals surface area contributed by atoms with Gasteiger partial charge in [0.25, 0.3) is 0 Å². The molecule has 4 heteroatoms. The molecule has 75 valence electrons. The van der Waals surface area contributed by atoms with Gasteiger partial charge in [-0.15, -0.1) is 0 Å². The highest BCUT2D eigenvalue weighted by Crippen LogP contribution is 2.19. The van der Waals surface area contributed by atoms with Gasteiger partial charge in [0.1, 0.15) is 0 Å². The summed E-state index contributed by atoms with van der Waals surface area (Å²) >= 11 is 1.64. The van der Waals surface area contributed by atoms with Crippen LogP contribution in [-0.2, 0) is 11.3 Å². The maximum absolute atomic E-state index is 10.0. The number of amides is 1. The van der Waals surface area contributed by atoms with Gasteiger partial charge in [-0.2, -0.15) is 11.3 Å². The lowest BCUT2D eigenvalue weighted by atomic mass is 10.2. The van der Waals surface area contributed by atoms with Crippen LogP contribution in [0.4, 0.5) is 0 Å². The first-order valence-corrected chi connectivity index (χ1v) is 5.43. The van der Waals surface area contributed by atoms with Gasteiger partial charge in [0.05, 0.1) is 17.9 Å². The molecule has 0 aromatic carbocycles. The maximum Gasteiger partial charge on any atom is 0.309 e. The molecule has 15 heavy (non-hydrogen) atoms. The first-order valence-electron chi connectivity index (χ1n) is 4.48. The highest BCUT2D eigenvalue weighted by atomic mass is 32.1. The molecule has 2 heterocycles. The van der Waals surface area contributed by atoms with Crippen LogP contribution in [-0.4, -0.2) is 11.4 Å². The van der Waals surface area contributed by atoms with Crippen molar-refractivity contribution in [1.29, 1.82) is 0 Å². The smallest absolute Gasteiger partial charge is 0.309 e. The van der Waals surface area contributed by atoms with E-state index >= 15 is 0 Å². The van der Waals surface area contributed by atoms with Gasteiger partial charge < -0.3 is 5.32 Å². The lowest BCUT2D eigenvalue weighted by Crippen LogP contribution is -2.10. The monoisotopic (exact) mass is 217 g/mol. The topological polar surface area (TPSA) is 42.0 Å². The Kier molecular flexibility index (Phi) is 3.09. The van der Waals surface area contributed by atoms with E-state index in [1.165, 1.54) is 0 Å². The number of nitrogens with zero attached hydrogens (tertiary/aromatic N) is 1. The SMILES string of the molecule is O=[C]NCc1cccc(-c2ccsc2)n1. The van der Waals surface area contributed by atoms with Crippen molar-refractivity contribution in [1.82, 2.24) is 10.3 Å². The van der Waals surface area contributed by atoms with Gasteiger partial charge in [0.2, 0.25) is 0 Å². The Bertz CT molecular complexity index is 440. The van der Waals surface area contributed by atoms with E-state index in [0.717, 1.165) is 17.0 Å². The van der Waals surface area contributed by atoms with Crippen LogP contribution in [0.1, 0.15) is 5.69 Å². The Morgan fingerprint density at radius 3 is 3.07 bits per heavy atom. The highest BCUT2D eigenvalue weighted by molar-refractivity contribution is 7.08. The average molecular weight is 217 g/mol. The third-order valence-corrected chi connectivity index (χ3v) is 2.65. The predicted octanol–water partition coefficient (Wildman–Crippen LogP) is 1.97. The molecule has 0 aliphatic rings. The molecule has 0 atom stereocenters. The zero-order valence-corrected chi connectivity index (χ0v) is 8.75. The lowest BCUT2D eigenvalue weighted by Gasteiger charge is -2.01. The van der Waals surface area contributed by atoms with Crippen molar-refractivity contribution >= 4 is 17.7 Å². The minimum Gasteiger partial charge on any atom is -0.342 e. The molecule has 2 rings (SSSR count). The van der Waals surface area contributed by atoms with E-state index in [4.69, 9.17) is 0 Å². The maximum atomic E-state index is 10.0. The van der Waals surface area contributed by atoms with Crippen LogP contribution in [0, 0.1) is 0 Å². The number of pyridine rings is 1. The predicted molar refractivity (Wildman–Crippen MR) is 60.1 cm³/mol. The zero-order chi connectivity index (χ0) is 10.5. The number of nitrogens with one attached hydrogen (secondary N) is 1. The van der Waals surface area contributed by atoms with E-state index in [1.807, 2.05) is 35.0 Å². The third kappa shape index (κ3) is 2.41. The van der Waals surface area contributed by atoms with Gasteiger partial charge in [0.15, 0.2) is 0 Å². The molecule has 0 saturated carbocycles. The molecule has 1 amide bonds. The second kappa shape index (κ2) is 4.70. The molecule has 2 aromatic heterocycles. The highest BCUT2D eigenvalue weighted by Gasteiger charge is 2.00. The van der Waals surface area contributed by atoms with E-state index in [2.05, 4.69) is 10.3 Å². The van der Waals surface area contributed by atoms with E-state index in [1.54, 1.807) is 17.7 Å². The van der Waals surface area contributed by atoms with Crippen LogP contribution in [0.15, 0.2) is 35.0 Å². The van der Waals surface area contributed by atoms with Crippen LogP contribution in [0.25, 0.3) is 11.3 Å². The molecule has 1 radical (unpaired) electrons. The normalized spacial score (nSPS) is 9.87. The van der Waals surface area contributed by atoms with Crippen molar-refractivity contribution < 1.29 is 4.79 Å². The first kappa shape index (κ1) is 9.86. The summed E-state index contributed by atoms with van der Waals surface area (Å²) in [5, 5.41) is 6.53. The molecular weight excluding hydrogens is 208 g/mol. The second-order valence-corrected chi connectivity index (χ2v) is 3.76. The Morgan fingerprint density at radius 2 is 2.33 bits per heavy atom. The fourth-order valence-electron chi connectivity index (χ4n) is 1.28. The van der Waals surface area contributed by atoms with Gasteiger partial charge in [-0.3, -0.25) is 9.78 Å². The Morgan fingerprint density at radius 1 is 1.40 bits per heavy atom. The Hall–Kier alpha value is -1.68. The van der Waals surface area contributed by atoms with Gasteiger partial charge in [-0.25, -0.2) is 0 Å². The van der Waals surface area contributed by atoms with Crippen molar-refractivity contribution in [2.24, 2.45) is 0 Å². The van der Waals surface area contributed by atoms with Crippen LogP contribution in [0.2, 0.25) is 0 Å². The number of hydrogen-bond acceptors (Lipinski definition) is 3. The van der Waals surface area contributed by atoms with Crippen LogP contribution >= 0.6 is 11.3 Å². The summed E-state index contributed by atoms with van der Waals surface area (Å²) in [5.74, 6) is 0. The molecule has 2 aromatic rings. The van der Waals surface area contributed by atoms with E-state index in [-0.39, 0.29) is 0 Å². The molecule has 0 aliphatic heterocycles. The van der Waals surface area contributed by atoms with E-state index in [9.17, 15) is 4.79 Å². The number of carbonyl (C=O) groups excluding carboxylic acids is 1. The van der Waals surface area contributed by atoms with Gasteiger partial charge >= 0.3 is 6.41 Å². The van der Waals surface area contributed by atoms with Gasteiger partial charge in [0, 0.05) is 10.9 Å². The quantitative estimate of drug-likeness (QED) is 0.795. The summed E-state index contributed by atoms with van der Waals surface area (Å²) in [6, 6.07) is 7.79. The number of aromatic nitrogens is 1. The summed E-state index contributed by atoms with van der Waals surface area (Å²) in [7, 11) is 0. The molecule has 0 unspecified atom stereocenters. The second-order valence-electron chi connectivity index (χ2n) is 2.98. The fraction of sp³-hybridized carbons (Fsp3) is 0.0909. The summed E-state index contributed by atoms with van der Waals surface area (Å²) in [6.07, 6.45) is 1.63. The summed E-state index contributed by atoms with van der Waals surface area (Å²) in [4.78, 5) is 14.4. The first-order chi connectivity index (χ1) is 7.40. The van der Waals surface area contributed by atoms with Crippen LogP contribution in [0.5, 0.6) is 0 Å². The molecule has 0 fully saturated rings. The largest absolute Gasteiger partial charge is 0.342 e. The van der Waals surface area contributed by atoms with Crippen molar-refractivity contribution in [2.75, 3.05) is 0 Å².